The van der Waals surface area contributed by atoms with Gasteiger partial charge in [0.15, 0.2) is 5.60 Å². The van der Waals surface area contributed by atoms with Gasteiger partial charge in [-0.05, 0) is 30.9 Å². The van der Waals surface area contributed by atoms with E-state index in [1.807, 2.05) is 13.8 Å². The standard InChI is InChI=1S/C18H29ClOSi/c1-13(2)15-10-9-14(3)18(20,16(15)19)11-12-21(7,8)17(4,5)6/h9,15-16,20H,1,10H2,2-8H3/t15-,16-,18+/m1/s1. The molecule has 118 valence electrons. The Morgan fingerprint density at radius 1 is 1.48 bits per heavy atom. The van der Waals surface area contributed by atoms with Gasteiger partial charge in [0.2, 0.25) is 0 Å². The van der Waals surface area contributed by atoms with Gasteiger partial charge in [-0.2, -0.15) is 0 Å². The summed E-state index contributed by atoms with van der Waals surface area (Å²) in [5.74, 6) is 3.23. The first-order valence-corrected chi connectivity index (χ1v) is 11.0. The summed E-state index contributed by atoms with van der Waals surface area (Å²) in [6.07, 6.45) is 2.89. The van der Waals surface area contributed by atoms with E-state index in [1.54, 1.807) is 0 Å². The van der Waals surface area contributed by atoms with Crippen molar-refractivity contribution in [1.29, 1.82) is 0 Å². The van der Waals surface area contributed by atoms with Crippen LogP contribution in [0.15, 0.2) is 23.8 Å². The molecule has 1 aliphatic rings. The molecular weight excluding hydrogens is 296 g/mol. The fourth-order valence-electron chi connectivity index (χ4n) is 2.15. The maximum Gasteiger partial charge on any atom is 0.162 e. The normalized spacial score (nSPS) is 30.2. The third-order valence-corrected chi connectivity index (χ3v) is 10.2. The number of hydrogen-bond donors (Lipinski definition) is 1. The Bertz CT molecular complexity index is 516. The van der Waals surface area contributed by atoms with Crippen molar-refractivity contribution in [3.63, 3.8) is 0 Å². The smallest absolute Gasteiger partial charge is 0.162 e. The Hall–Kier alpha value is -0.493. The molecule has 0 saturated carbocycles. The fraction of sp³-hybridized carbons (Fsp3) is 0.667. The maximum atomic E-state index is 11.1. The van der Waals surface area contributed by atoms with Crippen molar-refractivity contribution in [2.24, 2.45) is 5.92 Å². The Morgan fingerprint density at radius 3 is 2.43 bits per heavy atom. The van der Waals surface area contributed by atoms with Crippen molar-refractivity contribution in [3.8, 4) is 11.5 Å². The van der Waals surface area contributed by atoms with Crippen LogP contribution in [-0.2, 0) is 0 Å². The van der Waals surface area contributed by atoms with E-state index < -0.39 is 19.1 Å². The van der Waals surface area contributed by atoms with Gasteiger partial charge in [0.25, 0.3) is 0 Å². The number of aliphatic hydroxyl groups is 1. The lowest BCUT2D eigenvalue weighted by atomic mass is 9.76. The van der Waals surface area contributed by atoms with Gasteiger partial charge in [-0.25, -0.2) is 0 Å². The van der Waals surface area contributed by atoms with Crippen molar-refractivity contribution in [1.82, 2.24) is 0 Å². The van der Waals surface area contributed by atoms with Crippen molar-refractivity contribution in [2.45, 2.75) is 70.1 Å². The van der Waals surface area contributed by atoms with Crippen molar-refractivity contribution < 1.29 is 5.11 Å². The first-order valence-electron chi connectivity index (χ1n) is 7.56. The summed E-state index contributed by atoms with van der Waals surface area (Å²) < 4.78 is 0. The fourth-order valence-corrected chi connectivity index (χ4v) is 3.57. The van der Waals surface area contributed by atoms with E-state index in [0.29, 0.717) is 0 Å². The molecule has 0 heterocycles. The quantitative estimate of drug-likeness (QED) is 0.314. The molecule has 21 heavy (non-hydrogen) atoms. The molecule has 0 unspecified atom stereocenters. The Kier molecular flexibility index (Phi) is 5.26. The zero-order valence-electron chi connectivity index (χ0n) is 14.5. The number of alkyl halides is 1. The zero-order chi connectivity index (χ0) is 16.6. The second-order valence-electron chi connectivity index (χ2n) is 7.87. The summed E-state index contributed by atoms with van der Waals surface area (Å²) in [6.45, 7) is 19.0. The van der Waals surface area contributed by atoms with E-state index >= 15 is 0 Å². The first kappa shape index (κ1) is 18.6. The maximum absolute atomic E-state index is 11.1. The van der Waals surface area contributed by atoms with Gasteiger partial charge in [-0.1, -0.05) is 58.0 Å². The van der Waals surface area contributed by atoms with Crippen molar-refractivity contribution in [3.05, 3.63) is 23.8 Å². The average molecular weight is 325 g/mol. The summed E-state index contributed by atoms with van der Waals surface area (Å²) in [5, 5.41) is 10.8. The van der Waals surface area contributed by atoms with Crippen molar-refractivity contribution in [2.75, 3.05) is 0 Å². The molecule has 0 bridgehead atoms. The number of rotatable bonds is 1. The van der Waals surface area contributed by atoms with Crippen LogP contribution in [0.3, 0.4) is 0 Å². The molecule has 0 spiro atoms. The van der Waals surface area contributed by atoms with Crippen molar-refractivity contribution >= 4 is 19.7 Å². The molecule has 0 radical (unpaired) electrons. The first-order chi connectivity index (χ1) is 9.33. The van der Waals surface area contributed by atoms with E-state index in [4.69, 9.17) is 11.6 Å². The highest BCUT2D eigenvalue weighted by Crippen LogP contribution is 2.40. The minimum atomic E-state index is -1.77. The molecular formula is C18H29ClOSi. The van der Waals surface area contributed by atoms with E-state index in [2.05, 4.69) is 58.0 Å². The molecule has 0 aromatic carbocycles. The molecule has 1 rings (SSSR count). The number of hydrogen-bond acceptors (Lipinski definition) is 1. The van der Waals surface area contributed by atoms with Gasteiger partial charge in [0.1, 0.15) is 8.07 Å². The van der Waals surface area contributed by atoms with Crippen LogP contribution in [0.25, 0.3) is 0 Å². The highest BCUT2D eigenvalue weighted by molar-refractivity contribution is 6.87. The van der Waals surface area contributed by atoms with Gasteiger partial charge < -0.3 is 5.11 Å². The van der Waals surface area contributed by atoms with E-state index in [-0.39, 0.29) is 11.0 Å². The molecule has 1 aliphatic carbocycles. The summed E-state index contributed by atoms with van der Waals surface area (Å²) in [6, 6.07) is 0. The molecule has 1 N–H and O–H groups in total. The topological polar surface area (TPSA) is 20.2 Å². The van der Waals surface area contributed by atoms with Crippen LogP contribution in [0.2, 0.25) is 18.1 Å². The van der Waals surface area contributed by atoms with E-state index in [1.165, 1.54) is 0 Å². The Labute approximate surface area is 136 Å². The molecule has 3 heteroatoms. The van der Waals surface area contributed by atoms with Crippen LogP contribution in [0.4, 0.5) is 0 Å². The summed E-state index contributed by atoms with van der Waals surface area (Å²) in [4.78, 5) is 0. The third kappa shape index (κ3) is 3.64. The highest BCUT2D eigenvalue weighted by Gasteiger charge is 2.44. The van der Waals surface area contributed by atoms with Gasteiger partial charge in [0.05, 0.1) is 5.38 Å². The van der Waals surface area contributed by atoms with Crippen LogP contribution < -0.4 is 0 Å². The van der Waals surface area contributed by atoms with Gasteiger partial charge in [0, 0.05) is 5.92 Å². The van der Waals surface area contributed by atoms with Crippen LogP contribution in [0.5, 0.6) is 0 Å². The summed E-state index contributed by atoms with van der Waals surface area (Å²) in [5.41, 5.74) is 4.05. The largest absolute Gasteiger partial charge is 0.372 e. The second-order valence-corrected chi connectivity index (χ2v) is 13.3. The lowest BCUT2D eigenvalue weighted by Crippen LogP contribution is -2.47. The molecule has 0 saturated heterocycles. The van der Waals surface area contributed by atoms with E-state index in [9.17, 15) is 5.11 Å². The average Bonchev–Trinajstić information content (AvgIpc) is 2.32. The van der Waals surface area contributed by atoms with Crippen LogP contribution >= 0.6 is 11.6 Å². The molecule has 1 nitrogen and oxygen atoms in total. The molecule has 0 aromatic heterocycles. The molecule has 0 aromatic rings. The van der Waals surface area contributed by atoms with Gasteiger partial charge in [-0.15, -0.1) is 17.1 Å². The SMILES string of the molecule is C=C(C)[C@H]1CC=C(C)[C@@](O)(C#C[Si](C)(C)C(C)(C)C)[C@@H]1Cl. The number of allylic oxidation sites excluding steroid dienone is 2. The molecule has 0 fully saturated rings. The summed E-state index contributed by atoms with van der Waals surface area (Å²) >= 11 is 6.58. The second kappa shape index (κ2) is 5.95. The van der Waals surface area contributed by atoms with E-state index in [0.717, 1.165) is 17.6 Å². The highest BCUT2D eigenvalue weighted by atomic mass is 35.5. The number of halogens is 1. The third-order valence-electron chi connectivity index (χ3n) is 5.11. The Balaban J connectivity index is 3.25. The van der Waals surface area contributed by atoms with Crippen LogP contribution in [-0.4, -0.2) is 24.2 Å². The predicted molar refractivity (Wildman–Crippen MR) is 96.2 cm³/mol. The zero-order valence-corrected chi connectivity index (χ0v) is 16.2. The Morgan fingerprint density at radius 2 is 2.00 bits per heavy atom. The van der Waals surface area contributed by atoms with Crippen LogP contribution in [0.1, 0.15) is 41.0 Å². The molecule has 0 amide bonds. The molecule has 3 atom stereocenters. The monoisotopic (exact) mass is 324 g/mol. The predicted octanol–water partition coefficient (Wildman–Crippen LogP) is 4.92. The van der Waals surface area contributed by atoms with Gasteiger partial charge >= 0.3 is 0 Å². The summed E-state index contributed by atoms with van der Waals surface area (Å²) in [7, 11) is -1.77. The minimum Gasteiger partial charge on any atom is -0.372 e. The van der Waals surface area contributed by atoms with Gasteiger partial charge in [-0.3, -0.25) is 0 Å². The minimum absolute atomic E-state index is 0.0779. The van der Waals surface area contributed by atoms with Crippen LogP contribution in [0, 0.1) is 17.4 Å². The lowest BCUT2D eigenvalue weighted by molar-refractivity contribution is 0.112. The molecule has 0 aliphatic heterocycles. The lowest BCUT2D eigenvalue weighted by Gasteiger charge is -2.39.